The minimum absolute atomic E-state index is 0.116. The molecule has 1 unspecified atom stereocenters. The number of esters is 3. The molecule has 6 nitrogen and oxygen atoms in total. The fraction of sp³-hybridized carbons (Fsp3) is 0.627. The van der Waals surface area contributed by atoms with Gasteiger partial charge in [0.1, 0.15) is 13.2 Å². The molecule has 0 aliphatic carbocycles. The number of hydrogen-bond acceptors (Lipinski definition) is 6. The Morgan fingerprint density at radius 2 is 0.702 bits per heavy atom. The van der Waals surface area contributed by atoms with Gasteiger partial charge in [-0.25, -0.2) is 0 Å². The van der Waals surface area contributed by atoms with Gasteiger partial charge in [-0.05, 0) is 89.9 Å². The first kappa shape index (κ1) is 53.3. The van der Waals surface area contributed by atoms with Crippen LogP contribution in [0.4, 0.5) is 0 Å². The van der Waals surface area contributed by atoms with E-state index in [1.807, 2.05) is 6.08 Å². The maximum atomic E-state index is 12.7. The first-order chi connectivity index (χ1) is 28.0. The second-order valence-corrected chi connectivity index (χ2v) is 14.5. The lowest BCUT2D eigenvalue weighted by Gasteiger charge is -2.18. The predicted molar refractivity (Wildman–Crippen MR) is 242 cm³/mol. The van der Waals surface area contributed by atoms with Gasteiger partial charge in [-0.2, -0.15) is 0 Å². The number of rotatable bonds is 39. The van der Waals surface area contributed by atoms with Crippen molar-refractivity contribution in [2.24, 2.45) is 0 Å². The van der Waals surface area contributed by atoms with Crippen molar-refractivity contribution in [3.05, 3.63) is 97.2 Å². The minimum atomic E-state index is -0.821. The highest BCUT2D eigenvalue weighted by atomic mass is 16.6. The van der Waals surface area contributed by atoms with Crippen molar-refractivity contribution in [2.45, 2.75) is 194 Å². The van der Waals surface area contributed by atoms with E-state index >= 15 is 0 Å². The largest absolute Gasteiger partial charge is 0.462 e. The zero-order valence-corrected chi connectivity index (χ0v) is 36.6. The molecule has 0 aliphatic heterocycles. The highest BCUT2D eigenvalue weighted by Gasteiger charge is 2.19. The van der Waals surface area contributed by atoms with E-state index in [2.05, 4.69) is 106 Å². The molecule has 6 heteroatoms. The summed E-state index contributed by atoms with van der Waals surface area (Å²) in [4.78, 5) is 37.7. The van der Waals surface area contributed by atoms with Crippen molar-refractivity contribution in [3.8, 4) is 0 Å². The van der Waals surface area contributed by atoms with Crippen LogP contribution in [0.2, 0.25) is 0 Å². The summed E-state index contributed by atoms with van der Waals surface area (Å²) >= 11 is 0. The third-order valence-corrected chi connectivity index (χ3v) is 9.10. The normalized spacial score (nSPS) is 13.0. The Morgan fingerprint density at radius 1 is 0.368 bits per heavy atom. The highest BCUT2D eigenvalue weighted by molar-refractivity contribution is 5.72. The monoisotopic (exact) mass is 791 g/mol. The summed E-state index contributed by atoms with van der Waals surface area (Å²) in [6.45, 7) is 6.16. The van der Waals surface area contributed by atoms with Crippen LogP contribution in [-0.2, 0) is 28.6 Å². The van der Waals surface area contributed by atoms with Gasteiger partial charge in [0.2, 0.25) is 0 Å². The number of carbonyl (C=O) groups excluding carboxylic acids is 3. The van der Waals surface area contributed by atoms with Crippen molar-refractivity contribution in [2.75, 3.05) is 13.2 Å². The van der Waals surface area contributed by atoms with Crippen LogP contribution in [0, 0.1) is 0 Å². The summed E-state index contributed by atoms with van der Waals surface area (Å²) in [6.07, 6.45) is 58.5. The number of unbranched alkanes of at least 4 members (excludes halogenated alkanes) is 13. The zero-order chi connectivity index (χ0) is 41.5. The van der Waals surface area contributed by atoms with Crippen LogP contribution < -0.4 is 0 Å². The molecule has 57 heavy (non-hydrogen) atoms. The third-order valence-electron chi connectivity index (χ3n) is 9.10. The van der Waals surface area contributed by atoms with E-state index in [1.165, 1.54) is 38.5 Å². The topological polar surface area (TPSA) is 78.9 Å². The molecular formula is C51H82O6. The summed E-state index contributed by atoms with van der Waals surface area (Å²) in [5, 5.41) is 0. The lowest BCUT2D eigenvalue weighted by atomic mass is 10.1. The van der Waals surface area contributed by atoms with Crippen LogP contribution in [0.5, 0.6) is 0 Å². The number of carbonyl (C=O) groups is 3. The molecule has 0 aliphatic rings. The van der Waals surface area contributed by atoms with Crippen molar-refractivity contribution in [1.29, 1.82) is 0 Å². The van der Waals surface area contributed by atoms with Crippen LogP contribution in [-0.4, -0.2) is 37.2 Å². The third kappa shape index (κ3) is 43.3. The lowest BCUT2D eigenvalue weighted by Crippen LogP contribution is -2.30. The molecule has 0 radical (unpaired) electrons. The molecule has 0 aromatic heterocycles. The summed E-state index contributed by atoms with van der Waals surface area (Å²) < 4.78 is 16.6. The van der Waals surface area contributed by atoms with E-state index in [4.69, 9.17) is 14.2 Å². The maximum absolute atomic E-state index is 12.7. The number of ether oxygens (including phenoxy) is 3. The molecule has 0 N–H and O–H groups in total. The van der Waals surface area contributed by atoms with E-state index in [9.17, 15) is 14.4 Å². The van der Waals surface area contributed by atoms with Gasteiger partial charge in [0.25, 0.3) is 0 Å². The Morgan fingerprint density at radius 3 is 1.14 bits per heavy atom. The average Bonchev–Trinajstić information content (AvgIpc) is 3.21. The van der Waals surface area contributed by atoms with Gasteiger partial charge in [-0.3, -0.25) is 14.4 Å². The Bertz CT molecular complexity index is 1180. The Kier molecular flexibility index (Phi) is 42.1. The van der Waals surface area contributed by atoms with Gasteiger partial charge in [-0.15, -0.1) is 0 Å². The Labute approximate surface area is 349 Å². The van der Waals surface area contributed by atoms with Gasteiger partial charge in [0, 0.05) is 12.8 Å². The number of allylic oxidation sites excluding steroid dienone is 15. The second-order valence-electron chi connectivity index (χ2n) is 14.5. The molecule has 0 bridgehead atoms. The molecule has 0 rings (SSSR count). The molecule has 0 saturated heterocycles. The van der Waals surface area contributed by atoms with Gasteiger partial charge in [-0.1, -0.05) is 176 Å². The fourth-order valence-electron chi connectivity index (χ4n) is 5.79. The van der Waals surface area contributed by atoms with E-state index in [0.29, 0.717) is 12.8 Å². The summed E-state index contributed by atoms with van der Waals surface area (Å²) in [7, 11) is 0. The summed E-state index contributed by atoms with van der Waals surface area (Å²) in [5.41, 5.74) is 0. The van der Waals surface area contributed by atoms with Gasteiger partial charge >= 0.3 is 17.9 Å². The van der Waals surface area contributed by atoms with Gasteiger partial charge < -0.3 is 14.2 Å². The van der Waals surface area contributed by atoms with E-state index in [-0.39, 0.29) is 31.6 Å². The van der Waals surface area contributed by atoms with Crippen molar-refractivity contribution >= 4 is 17.9 Å². The molecule has 0 fully saturated rings. The molecule has 1 atom stereocenters. The predicted octanol–water partition coefficient (Wildman–Crippen LogP) is 14.6. The van der Waals surface area contributed by atoms with Crippen molar-refractivity contribution < 1.29 is 28.6 Å². The molecule has 0 saturated carbocycles. The lowest BCUT2D eigenvalue weighted by molar-refractivity contribution is -0.166. The van der Waals surface area contributed by atoms with Crippen molar-refractivity contribution in [3.63, 3.8) is 0 Å². The zero-order valence-electron chi connectivity index (χ0n) is 36.6. The van der Waals surface area contributed by atoms with E-state index in [0.717, 1.165) is 109 Å². The first-order valence-electron chi connectivity index (χ1n) is 22.7. The summed E-state index contributed by atoms with van der Waals surface area (Å²) in [5.74, 6) is -1.08. The molecule has 322 valence electrons. The first-order valence-corrected chi connectivity index (χ1v) is 22.7. The van der Waals surface area contributed by atoms with E-state index in [1.54, 1.807) is 6.08 Å². The molecule has 0 amide bonds. The average molecular weight is 791 g/mol. The Hall–Kier alpha value is -3.67. The fourth-order valence-corrected chi connectivity index (χ4v) is 5.79. The van der Waals surface area contributed by atoms with Crippen LogP contribution in [0.3, 0.4) is 0 Å². The standard InChI is InChI=1S/C51H82O6/c1-4-7-10-13-16-19-21-23-25-26-28-29-32-35-38-41-44-50(53)56-47-48(46-55-49(52)43-40-37-34-31-18-15-12-9-6-3)57-51(54)45-42-39-36-33-30-27-24-22-20-17-14-11-8-5-2/h7-12,16-20,23,25,31,37,40,48H,4-6,13-15,21-22,24,26-30,32-36,38-39,41-47H2,1-3H3/b10-7-,11-8-,12-9-,19-16-,20-17-,25-23-,31-18-,40-37-. The summed E-state index contributed by atoms with van der Waals surface area (Å²) in [6, 6.07) is 0. The smallest absolute Gasteiger partial charge is 0.309 e. The Balaban J connectivity index is 4.45. The van der Waals surface area contributed by atoms with E-state index < -0.39 is 12.1 Å². The quantitative estimate of drug-likeness (QED) is 0.0267. The van der Waals surface area contributed by atoms with Gasteiger partial charge in [0.15, 0.2) is 6.10 Å². The van der Waals surface area contributed by atoms with Gasteiger partial charge in [0.05, 0.1) is 6.42 Å². The van der Waals surface area contributed by atoms with Crippen molar-refractivity contribution in [1.82, 2.24) is 0 Å². The molecule has 0 aromatic rings. The van der Waals surface area contributed by atoms with Crippen LogP contribution in [0.25, 0.3) is 0 Å². The molecular weight excluding hydrogens is 709 g/mol. The SMILES string of the molecule is CC/C=C\C/C=C\C/C=C\CCCCCCCCC(=O)OCC(COC(=O)C/C=C\C/C=C\C/C=C\CC)OC(=O)CCCCCCCCC/C=C\C/C=C\CC. The van der Waals surface area contributed by atoms with Crippen LogP contribution in [0.15, 0.2) is 97.2 Å². The second kappa shape index (κ2) is 45.0. The number of hydrogen-bond donors (Lipinski definition) is 0. The maximum Gasteiger partial charge on any atom is 0.309 e. The molecule has 0 aromatic carbocycles. The minimum Gasteiger partial charge on any atom is -0.462 e. The van der Waals surface area contributed by atoms with Crippen LogP contribution in [0.1, 0.15) is 188 Å². The highest BCUT2D eigenvalue weighted by Crippen LogP contribution is 2.13. The molecule has 0 heterocycles. The van der Waals surface area contributed by atoms with Crippen LogP contribution >= 0.6 is 0 Å². The molecule has 0 spiro atoms.